The fourth-order valence-corrected chi connectivity index (χ4v) is 1.64. The molecule has 0 N–H and O–H groups in total. The van der Waals surface area contributed by atoms with Crippen molar-refractivity contribution in [2.24, 2.45) is 0 Å². The van der Waals surface area contributed by atoms with Crippen molar-refractivity contribution in [1.82, 2.24) is 4.98 Å². The Bertz CT molecular complexity index is 331. The summed E-state index contributed by atoms with van der Waals surface area (Å²) in [5.41, 5.74) is 1.06. The van der Waals surface area contributed by atoms with Gasteiger partial charge in [-0.15, -0.1) is 28.3 Å². The van der Waals surface area contributed by atoms with Gasteiger partial charge in [-0.2, -0.15) is 0 Å². The summed E-state index contributed by atoms with van der Waals surface area (Å²) < 4.78 is 0. The number of hydrogen-bond donors (Lipinski definition) is 0. The first-order valence-electron chi connectivity index (χ1n) is 3.42. The van der Waals surface area contributed by atoms with Crippen LogP contribution in [0, 0.1) is 0 Å². The van der Waals surface area contributed by atoms with Crippen molar-refractivity contribution in [2.45, 2.75) is 0 Å². The molecule has 13 heavy (non-hydrogen) atoms. The van der Waals surface area contributed by atoms with E-state index in [4.69, 9.17) is 0 Å². The van der Waals surface area contributed by atoms with E-state index in [1.165, 1.54) is 4.88 Å². The molecule has 4 heteroatoms. The van der Waals surface area contributed by atoms with Gasteiger partial charge >= 0.3 is 23.1 Å². The molecule has 0 atom stereocenters. The van der Waals surface area contributed by atoms with Gasteiger partial charge in [0.25, 0.3) is 0 Å². The van der Waals surface area contributed by atoms with Crippen LogP contribution in [0.3, 0.4) is 0 Å². The molecule has 0 bridgehead atoms. The van der Waals surface area contributed by atoms with Gasteiger partial charge in [-0.25, -0.2) is 0 Å². The molecule has 0 aromatic carbocycles. The summed E-state index contributed by atoms with van der Waals surface area (Å²) in [5.74, 6) is 0. The average molecular weight is 268 g/mol. The molecule has 0 fully saturated rings. The van der Waals surface area contributed by atoms with Crippen molar-refractivity contribution in [2.75, 3.05) is 0 Å². The second-order valence-electron chi connectivity index (χ2n) is 2.19. The van der Waals surface area contributed by atoms with Gasteiger partial charge in [-0.3, -0.25) is 4.98 Å². The third-order valence-electron chi connectivity index (χ3n) is 1.44. The topological polar surface area (TPSA) is 12.9 Å². The molecule has 2 aromatic rings. The van der Waals surface area contributed by atoms with E-state index < -0.39 is 0 Å². The van der Waals surface area contributed by atoms with Gasteiger partial charge in [-0.1, -0.05) is 12.1 Å². The Morgan fingerprint density at radius 3 is 2.54 bits per heavy atom. The maximum Gasteiger partial charge on any atom is 2.00 e. The molecule has 0 aliphatic rings. The van der Waals surface area contributed by atoms with Crippen LogP contribution in [-0.4, -0.2) is 28.0 Å². The predicted octanol–water partition coefficient (Wildman–Crippen LogP) is 3.23. The first-order chi connectivity index (χ1) is 5.47. The fourth-order valence-electron chi connectivity index (χ4n) is 0.933. The van der Waals surface area contributed by atoms with Crippen molar-refractivity contribution in [3.8, 4) is 10.6 Å². The molecule has 0 amide bonds. The van der Waals surface area contributed by atoms with Crippen LogP contribution in [0.15, 0.2) is 41.9 Å². The Morgan fingerprint density at radius 2 is 2.00 bits per heavy atom. The van der Waals surface area contributed by atoms with Crippen LogP contribution in [0.2, 0.25) is 0 Å². The van der Waals surface area contributed by atoms with Gasteiger partial charge in [0.15, 0.2) is 0 Å². The molecule has 0 aliphatic heterocycles. The Morgan fingerprint density at radius 1 is 1.15 bits per heavy atom. The van der Waals surface area contributed by atoms with Crippen molar-refractivity contribution < 1.29 is 2.85 Å². The molecule has 2 heterocycles. The summed E-state index contributed by atoms with van der Waals surface area (Å²) in [6.45, 7) is 0. The molecule has 0 unspecified atom stereocenters. The monoisotopic (exact) mass is 267 g/mol. The predicted molar refractivity (Wildman–Crippen MR) is 65.9 cm³/mol. The Balaban J connectivity index is -0.000000360. The van der Waals surface area contributed by atoms with Gasteiger partial charge in [-0.05, 0) is 23.6 Å². The van der Waals surface area contributed by atoms with E-state index in [0.29, 0.717) is 0 Å². The Labute approximate surface area is 111 Å². The van der Waals surface area contributed by atoms with Crippen LogP contribution >= 0.6 is 28.3 Å². The number of aromatic nitrogens is 1. The van der Waals surface area contributed by atoms with Crippen molar-refractivity contribution in [1.29, 1.82) is 0 Å². The molecular weight excluding hydrogens is 258 g/mol. The van der Waals surface area contributed by atoms with Crippen LogP contribution < -0.4 is 0 Å². The fraction of sp³-hybridized carbons (Fsp3) is 0. The minimum Gasteiger partial charge on any atom is -1.00 e. The van der Waals surface area contributed by atoms with Crippen LogP contribution in [0.1, 0.15) is 2.85 Å². The van der Waals surface area contributed by atoms with Crippen molar-refractivity contribution >= 4 is 51.4 Å². The van der Waals surface area contributed by atoms with Gasteiger partial charge in [0, 0.05) is 6.20 Å². The van der Waals surface area contributed by atoms with Gasteiger partial charge in [0.2, 0.25) is 0 Å². The maximum absolute atomic E-state index is 4.23. The number of nitrogens with zero attached hydrogens (tertiary/aromatic N) is 1. The van der Waals surface area contributed by atoms with E-state index in [1.54, 1.807) is 11.3 Å². The molecule has 0 spiro atoms. The number of rotatable bonds is 1. The maximum atomic E-state index is 4.23. The van der Waals surface area contributed by atoms with E-state index in [2.05, 4.69) is 16.4 Å². The minimum atomic E-state index is 0. The number of hydrogen-bond acceptors (Lipinski definition) is 2. The summed E-state index contributed by atoms with van der Waals surface area (Å²) >= 11 is 1.71. The summed E-state index contributed by atoms with van der Waals surface area (Å²) in [6, 6.07) is 10.1. The molecule has 0 saturated heterocycles. The second kappa shape index (κ2) is 6.54. The minimum absolute atomic E-state index is 0. The summed E-state index contributed by atoms with van der Waals surface area (Å²) in [7, 11) is 0. The van der Waals surface area contributed by atoms with Crippen LogP contribution in [0.5, 0.6) is 0 Å². The third-order valence-corrected chi connectivity index (χ3v) is 2.33. The van der Waals surface area contributed by atoms with Crippen LogP contribution in [-0.2, 0) is 0 Å². The molecule has 0 aliphatic carbocycles. The van der Waals surface area contributed by atoms with Crippen molar-refractivity contribution in [3.05, 3.63) is 41.9 Å². The number of thiophene rings is 1. The number of pyridine rings is 1. The third kappa shape index (κ3) is 3.38. The molecule has 0 saturated carbocycles. The molecule has 66 valence electrons. The summed E-state index contributed by atoms with van der Waals surface area (Å²) in [6.07, 6.45) is 1.81. The average Bonchev–Trinajstić information content (AvgIpc) is 2.58. The molecular formula is C9H10BrMgNS. The zero-order valence-corrected chi connectivity index (χ0v) is 11.0. The largest absolute Gasteiger partial charge is 2.00 e. The SMILES string of the molecule is Br.[H-].[H-].[Mg+2].c1ccc(-c2cccs2)nc1. The smallest absolute Gasteiger partial charge is 1.00 e. The van der Waals surface area contributed by atoms with Crippen molar-refractivity contribution in [3.63, 3.8) is 0 Å². The van der Waals surface area contributed by atoms with Crippen LogP contribution in [0.4, 0.5) is 0 Å². The first kappa shape index (κ1) is 13.1. The Kier molecular flexibility index (Phi) is 6.58. The first-order valence-corrected chi connectivity index (χ1v) is 4.30. The number of halogens is 1. The summed E-state index contributed by atoms with van der Waals surface area (Å²) in [4.78, 5) is 5.46. The molecule has 1 nitrogen and oxygen atoms in total. The second-order valence-corrected chi connectivity index (χ2v) is 3.14. The van der Waals surface area contributed by atoms with Gasteiger partial charge in [0.05, 0.1) is 10.6 Å². The normalized spacial score (nSPS) is 8.31. The van der Waals surface area contributed by atoms with Crippen LogP contribution in [0.25, 0.3) is 10.6 Å². The van der Waals surface area contributed by atoms with E-state index in [1.807, 2.05) is 30.5 Å². The molecule has 0 radical (unpaired) electrons. The van der Waals surface area contributed by atoms with E-state index in [-0.39, 0.29) is 42.9 Å². The van der Waals surface area contributed by atoms with E-state index >= 15 is 0 Å². The molecule has 2 rings (SSSR count). The Hall–Kier alpha value is 0.0962. The van der Waals surface area contributed by atoms with E-state index in [9.17, 15) is 0 Å². The zero-order chi connectivity index (χ0) is 7.52. The quantitative estimate of drug-likeness (QED) is 0.724. The molecule has 2 aromatic heterocycles. The van der Waals surface area contributed by atoms with Gasteiger partial charge < -0.3 is 2.85 Å². The standard InChI is InChI=1S/C9H7NS.BrH.Mg.2H/c1-2-6-10-8(4-1)9-5-3-7-11-9;;;;/h1-7H;1H;;;/q;;+2;2*-1. The zero-order valence-electron chi connectivity index (χ0n) is 9.01. The van der Waals surface area contributed by atoms with E-state index in [0.717, 1.165) is 5.69 Å². The summed E-state index contributed by atoms with van der Waals surface area (Å²) in [5, 5.41) is 2.06. The van der Waals surface area contributed by atoms with Gasteiger partial charge in [0.1, 0.15) is 0 Å².